The van der Waals surface area contributed by atoms with Crippen LogP contribution in [0.5, 0.6) is 5.75 Å². The molecule has 3 heteroatoms. The van der Waals surface area contributed by atoms with Crippen LogP contribution < -0.4 is 4.74 Å². The molecule has 2 rings (SSSR count). The molecular weight excluding hydrogens is 260 g/mol. The third-order valence-electron chi connectivity index (χ3n) is 3.32. The van der Waals surface area contributed by atoms with E-state index in [2.05, 4.69) is 43.9 Å². The Balaban J connectivity index is 2.32. The van der Waals surface area contributed by atoms with E-state index in [4.69, 9.17) is 4.74 Å². The molecule has 3 nitrogen and oxygen atoms in total. The van der Waals surface area contributed by atoms with Crippen LogP contribution in [0.4, 0.5) is 0 Å². The summed E-state index contributed by atoms with van der Waals surface area (Å²) in [6.07, 6.45) is 8.84. The number of unbranched alkanes of at least 4 members (excludes halogenated alkanes) is 1. The molecule has 2 heterocycles. The number of ether oxygens (including phenoxy) is 1. The molecule has 0 N–H and O–H groups in total. The minimum absolute atomic E-state index is 0.0233. The van der Waals surface area contributed by atoms with Crippen molar-refractivity contribution in [1.29, 1.82) is 0 Å². The van der Waals surface area contributed by atoms with Gasteiger partial charge in [-0.25, -0.2) is 0 Å². The zero-order valence-electron chi connectivity index (χ0n) is 13.3. The van der Waals surface area contributed by atoms with Gasteiger partial charge in [0, 0.05) is 24.0 Å². The van der Waals surface area contributed by atoms with Crippen molar-refractivity contribution in [1.82, 2.24) is 9.97 Å². The van der Waals surface area contributed by atoms with E-state index in [1.54, 1.807) is 12.4 Å². The summed E-state index contributed by atoms with van der Waals surface area (Å²) in [5.74, 6) is 0.852. The van der Waals surface area contributed by atoms with Crippen LogP contribution in [0.3, 0.4) is 0 Å². The Hall–Kier alpha value is -1.90. The van der Waals surface area contributed by atoms with Crippen molar-refractivity contribution in [3.63, 3.8) is 0 Å². The van der Waals surface area contributed by atoms with E-state index < -0.39 is 0 Å². The summed E-state index contributed by atoms with van der Waals surface area (Å²) in [6, 6.07) is 5.91. The first-order valence-electron chi connectivity index (χ1n) is 7.48. The molecule has 0 saturated carbocycles. The normalized spacial score (nSPS) is 11.4. The fraction of sp³-hybridized carbons (Fsp3) is 0.444. The first kappa shape index (κ1) is 15.5. The number of hydrogen-bond donors (Lipinski definition) is 0. The van der Waals surface area contributed by atoms with E-state index in [1.165, 1.54) is 5.56 Å². The number of pyridine rings is 2. The molecule has 0 aliphatic heterocycles. The average molecular weight is 283 g/mol. The van der Waals surface area contributed by atoms with Gasteiger partial charge in [0.15, 0.2) is 0 Å². The number of hydrogen-bond acceptors (Lipinski definition) is 3. The van der Waals surface area contributed by atoms with Gasteiger partial charge in [-0.3, -0.25) is 9.97 Å². The topological polar surface area (TPSA) is 35.0 Å². The van der Waals surface area contributed by atoms with Crippen LogP contribution in [0.2, 0.25) is 0 Å². The average Bonchev–Trinajstić information content (AvgIpc) is 2.47. The molecule has 0 bridgehead atoms. The third-order valence-corrected chi connectivity index (χ3v) is 3.32. The summed E-state index contributed by atoms with van der Waals surface area (Å²) >= 11 is 0. The largest absolute Gasteiger partial charge is 0.493 e. The third kappa shape index (κ3) is 4.03. The van der Waals surface area contributed by atoms with Crippen LogP contribution in [-0.4, -0.2) is 16.6 Å². The lowest BCUT2D eigenvalue weighted by Gasteiger charge is -2.22. The Morgan fingerprint density at radius 2 is 2.00 bits per heavy atom. The summed E-state index contributed by atoms with van der Waals surface area (Å²) < 4.78 is 5.76. The quantitative estimate of drug-likeness (QED) is 0.762. The monoisotopic (exact) mass is 283 g/mol. The number of aromatic nitrogens is 2. The molecule has 0 atom stereocenters. The molecule has 1 radical (unpaired) electrons. The van der Waals surface area contributed by atoms with E-state index in [1.807, 2.05) is 18.2 Å². The molecule has 0 amide bonds. The minimum atomic E-state index is 0.0233. The fourth-order valence-corrected chi connectivity index (χ4v) is 2.15. The summed E-state index contributed by atoms with van der Waals surface area (Å²) in [6.45, 7) is 9.44. The zero-order chi connectivity index (χ0) is 15.3. The van der Waals surface area contributed by atoms with E-state index in [0.29, 0.717) is 0 Å². The predicted octanol–water partition coefficient (Wildman–Crippen LogP) is 4.42. The van der Waals surface area contributed by atoms with Gasteiger partial charge in [-0.1, -0.05) is 34.1 Å². The smallest absolute Gasteiger partial charge is 0.122 e. The highest BCUT2D eigenvalue weighted by molar-refractivity contribution is 5.64. The summed E-state index contributed by atoms with van der Waals surface area (Å²) in [5.41, 5.74) is 3.03. The second-order valence-electron chi connectivity index (χ2n) is 6.17. The van der Waals surface area contributed by atoms with E-state index in [0.717, 1.165) is 36.5 Å². The van der Waals surface area contributed by atoms with Gasteiger partial charge < -0.3 is 4.74 Å². The van der Waals surface area contributed by atoms with Gasteiger partial charge >= 0.3 is 0 Å². The highest BCUT2D eigenvalue weighted by Gasteiger charge is 2.19. The maximum atomic E-state index is 5.76. The summed E-state index contributed by atoms with van der Waals surface area (Å²) in [7, 11) is 0. The lowest BCUT2D eigenvalue weighted by molar-refractivity contribution is 0.309. The molecule has 0 aromatic carbocycles. The molecule has 0 aliphatic rings. The Morgan fingerprint density at radius 1 is 1.19 bits per heavy atom. The Kier molecular flexibility index (Phi) is 4.94. The van der Waals surface area contributed by atoms with E-state index in [-0.39, 0.29) is 5.41 Å². The minimum Gasteiger partial charge on any atom is -0.493 e. The van der Waals surface area contributed by atoms with Crippen molar-refractivity contribution in [3.05, 3.63) is 42.4 Å². The van der Waals surface area contributed by atoms with Crippen molar-refractivity contribution in [3.8, 4) is 17.0 Å². The lowest BCUT2D eigenvalue weighted by atomic mass is 9.84. The van der Waals surface area contributed by atoms with Crippen LogP contribution >= 0.6 is 0 Å². The SMILES string of the molecule is CCCCOc1ccnc(-c2[c]nccc2C(C)(C)C)c1. The van der Waals surface area contributed by atoms with Gasteiger partial charge in [0.1, 0.15) is 5.75 Å². The zero-order valence-corrected chi connectivity index (χ0v) is 13.3. The van der Waals surface area contributed by atoms with E-state index >= 15 is 0 Å². The summed E-state index contributed by atoms with van der Waals surface area (Å²) in [4.78, 5) is 8.60. The van der Waals surface area contributed by atoms with Crippen molar-refractivity contribution in [2.45, 2.75) is 46.0 Å². The van der Waals surface area contributed by atoms with Crippen LogP contribution in [0.1, 0.15) is 46.1 Å². The van der Waals surface area contributed by atoms with Crippen molar-refractivity contribution >= 4 is 0 Å². The first-order valence-corrected chi connectivity index (χ1v) is 7.48. The molecule has 0 fully saturated rings. The Morgan fingerprint density at radius 3 is 2.71 bits per heavy atom. The van der Waals surface area contributed by atoms with Crippen molar-refractivity contribution < 1.29 is 4.74 Å². The Labute approximate surface area is 127 Å². The van der Waals surface area contributed by atoms with Crippen LogP contribution in [0.15, 0.2) is 30.6 Å². The fourth-order valence-electron chi connectivity index (χ4n) is 2.15. The predicted molar refractivity (Wildman–Crippen MR) is 85.4 cm³/mol. The maximum Gasteiger partial charge on any atom is 0.122 e. The van der Waals surface area contributed by atoms with Crippen molar-refractivity contribution in [2.75, 3.05) is 6.61 Å². The molecule has 0 spiro atoms. The first-order chi connectivity index (χ1) is 10.0. The van der Waals surface area contributed by atoms with Crippen LogP contribution in [0.25, 0.3) is 11.3 Å². The highest BCUT2D eigenvalue weighted by atomic mass is 16.5. The van der Waals surface area contributed by atoms with Gasteiger partial charge in [-0.15, -0.1) is 0 Å². The maximum absolute atomic E-state index is 5.76. The van der Waals surface area contributed by atoms with E-state index in [9.17, 15) is 0 Å². The van der Waals surface area contributed by atoms with Crippen molar-refractivity contribution in [2.24, 2.45) is 0 Å². The molecule has 0 unspecified atom stereocenters. The standard InChI is InChI=1S/C18H23N2O/c1-5-6-11-21-14-7-10-20-17(12-14)15-13-19-9-8-16(15)18(2,3)4/h7-10,12H,5-6,11H2,1-4H3. The Bertz CT molecular complexity index is 588. The van der Waals surface area contributed by atoms with Crippen LogP contribution in [-0.2, 0) is 5.41 Å². The molecule has 2 aromatic heterocycles. The summed E-state index contributed by atoms with van der Waals surface area (Å²) in [5, 5.41) is 0. The molecule has 2 aromatic rings. The molecular formula is C18H23N2O. The molecule has 0 aliphatic carbocycles. The second-order valence-corrected chi connectivity index (χ2v) is 6.17. The van der Waals surface area contributed by atoms with Gasteiger partial charge in [-0.05, 0) is 29.5 Å². The van der Waals surface area contributed by atoms with Gasteiger partial charge in [-0.2, -0.15) is 0 Å². The highest BCUT2D eigenvalue weighted by Crippen LogP contribution is 2.32. The van der Waals surface area contributed by atoms with Gasteiger partial charge in [0.05, 0.1) is 18.5 Å². The lowest BCUT2D eigenvalue weighted by Crippen LogP contribution is -2.13. The van der Waals surface area contributed by atoms with Gasteiger partial charge in [0.25, 0.3) is 0 Å². The number of rotatable bonds is 5. The number of nitrogens with zero attached hydrogens (tertiary/aromatic N) is 2. The molecule has 0 saturated heterocycles. The molecule has 111 valence electrons. The van der Waals surface area contributed by atoms with Gasteiger partial charge in [0.2, 0.25) is 0 Å². The van der Waals surface area contributed by atoms with Crippen LogP contribution in [0, 0.1) is 6.20 Å². The molecule has 21 heavy (non-hydrogen) atoms. The second kappa shape index (κ2) is 6.70.